The molecular formula is C26H37F3O5S2. The van der Waals surface area contributed by atoms with Gasteiger partial charge in [0.25, 0.3) is 10.1 Å². The first-order chi connectivity index (χ1) is 17.1. The summed E-state index contributed by atoms with van der Waals surface area (Å²) in [6.45, 7) is 5.32. The Balaban J connectivity index is 1.99. The van der Waals surface area contributed by atoms with Crippen molar-refractivity contribution in [2.24, 2.45) is 0 Å². The molecule has 5 nitrogen and oxygen atoms in total. The molecule has 1 aliphatic rings. The largest absolute Gasteiger partial charge is 0.494 e. The summed E-state index contributed by atoms with van der Waals surface area (Å²) in [5.41, 5.74) is 0. The Labute approximate surface area is 214 Å². The van der Waals surface area contributed by atoms with Crippen molar-refractivity contribution in [1.82, 2.24) is 0 Å². The molecule has 1 aliphatic heterocycles. The Morgan fingerprint density at radius 3 is 2.19 bits per heavy atom. The lowest BCUT2D eigenvalue weighted by Gasteiger charge is -2.35. The Hall–Kier alpha value is -1.65. The van der Waals surface area contributed by atoms with Crippen molar-refractivity contribution < 1.29 is 34.7 Å². The van der Waals surface area contributed by atoms with Gasteiger partial charge in [-0.05, 0) is 62.4 Å². The molecule has 0 saturated carbocycles. The van der Waals surface area contributed by atoms with E-state index in [9.17, 15) is 21.6 Å². The van der Waals surface area contributed by atoms with Gasteiger partial charge in [0, 0.05) is 33.6 Å². The molecule has 36 heavy (non-hydrogen) atoms. The van der Waals surface area contributed by atoms with Crippen LogP contribution in [0, 0.1) is 0 Å². The van der Waals surface area contributed by atoms with E-state index in [0.29, 0.717) is 36.2 Å². The molecule has 0 unspecified atom stereocenters. The molecule has 1 fully saturated rings. The summed E-state index contributed by atoms with van der Waals surface area (Å²) < 4.78 is 81.3. The molecule has 1 heterocycles. The zero-order valence-corrected chi connectivity index (χ0v) is 22.7. The van der Waals surface area contributed by atoms with Crippen LogP contribution in [0.25, 0.3) is 10.8 Å². The molecule has 10 heteroatoms. The quantitative estimate of drug-likeness (QED) is 0.225. The highest BCUT2D eigenvalue weighted by atomic mass is 32.3. The van der Waals surface area contributed by atoms with Crippen molar-refractivity contribution in [2.75, 3.05) is 30.5 Å². The van der Waals surface area contributed by atoms with E-state index in [1.165, 1.54) is 0 Å². The third-order valence-corrected chi connectivity index (χ3v) is 11.8. The Morgan fingerprint density at radius 2 is 1.56 bits per heavy atom. The summed E-state index contributed by atoms with van der Waals surface area (Å²) in [5.74, 6) is 1.85. The fraction of sp³-hybridized carbons (Fsp3) is 0.615. The van der Waals surface area contributed by atoms with Crippen LogP contribution in [-0.4, -0.2) is 45.1 Å². The molecule has 0 atom stereocenters. The van der Waals surface area contributed by atoms with Crippen LogP contribution in [0.3, 0.4) is 0 Å². The van der Waals surface area contributed by atoms with Gasteiger partial charge in [-0.25, -0.2) is 3.63 Å². The van der Waals surface area contributed by atoms with E-state index in [4.69, 9.17) is 13.1 Å². The first-order valence-electron chi connectivity index (χ1n) is 12.7. The Kier molecular flexibility index (Phi) is 10.2. The number of fused-ring (bicyclic) bond motifs is 1. The molecule has 0 bridgehead atoms. The highest BCUT2D eigenvalue weighted by molar-refractivity contribution is 8.33. The number of hydrogen-bond donors (Lipinski definition) is 0. The van der Waals surface area contributed by atoms with Crippen LogP contribution in [-0.2, 0) is 13.7 Å². The molecule has 0 spiro atoms. The molecule has 0 amide bonds. The molecule has 0 N–H and O–H groups in total. The second kappa shape index (κ2) is 12.7. The van der Waals surface area contributed by atoms with Crippen LogP contribution in [0.1, 0.15) is 65.2 Å². The lowest BCUT2D eigenvalue weighted by atomic mass is 10.1. The number of ether oxygens (including phenoxy) is 2. The van der Waals surface area contributed by atoms with Crippen molar-refractivity contribution in [1.29, 1.82) is 0 Å². The first-order valence-corrected chi connectivity index (χ1v) is 16.2. The van der Waals surface area contributed by atoms with E-state index in [0.717, 1.165) is 54.2 Å². The van der Waals surface area contributed by atoms with Gasteiger partial charge in [-0.15, -0.1) is 0 Å². The number of alkyl halides is 3. The third-order valence-electron chi connectivity index (χ3n) is 6.12. The van der Waals surface area contributed by atoms with Crippen molar-refractivity contribution >= 4 is 31.2 Å². The summed E-state index contributed by atoms with van der Waals surface area (Å²) in [6.07, 6.45) is -0.626. The van der Waals surface area contributed by atoms with Gasteiger partial charge >= 0.3 is 6.18 Å². The maximum absolute atomic E-state index is 12.9. The number of benzene rings is 2. The van der Waals surface area contributed by atoms with E-state index in [2.05, 4.69) is 13.8 Å². The molecule has 0 aliphatic carbocycles. The zero-order chi connectivity index (χ0) is 26.2. The van der Waals surface area contributed by atoms with E-state index in [-0.39, 0.29) is 0 Å². The van der Waals surface area contributed by atoms with Crippen LogP contribution in [0.15, 0.2) is 35.2 Å². The standard InChI is InChI=1S/C26H37F3O5S2/c1-3-5-15-32-21-10-11-22-23(20-21)25(13-12-24(22)33-16-6-4-2)35(17-7-8-18-35)34-36(30,31)19-9-14-26(27,28)29/h10-13,20H,3-9,14-19H2,1-2H3. The van der Waals surface area contributed by atoms with Crippen molar-refractivity contribution in [2.45, 2.75) is 76.3 Å². The topological polar surface area (TPSA) is 61.8 Å². The van der Waals surface area contributed by atoms with E-state index in [1.807, 2.05) is 30.3 Å². The number of rotatable bonds is 14. The van der Waals surface area contributed by atoms with Crippen LogP contribution in [0.2, 0.25) is 0 Å². The molecular weight excluding hydrogens is 513 g/mol. The Morgan fingerprint density at radius 1 is 0.889 bits per heavy atom. The first kappa shape index (κ1) is 28.9. The van der Waals surface area contributed by atoms with Gasteiger partial charge < -0.3 is 9.47 Å². The van der Waals surface area contributed by atoms with E-state index < -0.39 is 45.2 Å². The maximum atomic E-state index is 12.9. The predicted molar refractivity (Wildman–Crippen MR) is 140 cm³/mol. The molecule has 2 aromatic rings. The summed E-state index contributed by atoms with van der Waals surface area (Å²) in [4.78, 5) is 0.790. The lowest BCUT2D eigenvalue weighted by Crippen LogP contribution is -2.19. The summed E-state index contributed by atoms with van der Waals surface area (Å²) in [6, 6.07) is 9.48. The summed E-state index contributed by atoms with van der Waals surface area (Å²) >= 11 is 0. The molecule has 0 aromatic heterocycles. The van der Waals surface area contributed by atoms with Crippen LogP contribution in [0.5, 0.6) is 11.5 Å². The number of hydrogen-bond acceptors (Lipinski definition) is 5. The average Bonchev–Trinajstić information content (AvgIpc) is 3.26. The smallest absolute Gasteiger partial charge is 0.389 e. The number of unbranched alkanes of at least 4 members (excludes halogenated alkanes) is 2. The van der Waals surface area contributed by atoms with Gasteiger partial charge in [0.05, 0.1) is 19.0 Å². The van der Waals surface area contributed by atoms with Gasteiger partial charge in [-0.1, -0.05) is 37.0 Å². The van der Waals surface area contributed by atoms with Crippen molar-refractivity contribution in [3.8, 4) is 11.5 Å². The fourth-order valence-corrected chi connectivity index (χ4v) is 10.3. The monoisotopic (exact) mass is 550 g/mol. The fourth-order valence-electron chi connectivity index (χ4n) is 4.25. The van der Waals surface area contributed by atoms with Crippen molar-refractivity contribution in [3.05, 3.63) is 30.3 Å². The van der Waals surface area contributed by atoms with Crippen LogP contribution < -0.4 is 9.47 Å². The summed E-state index contributed by atoms with van der Waals surface area (Å²) in [7, 11) is -6.40. The molecule has 0 radical (unpaired) electrons. The molecule has 1 saturated heterocycles. The minimum absolute atomic E-state index is 0.512. The predicted octanol–water partition coefficient (Wildman–Crippen LogP) is 7.76. The minimum atomic E-state index is -4.40. The molecule has 204 valence electrons. The SMILES string of the molecule is CCCCOc1ccc2c(OCCCC)ccc(S3(OS(=O)(=O)CCCC(F)(F)F)CCCC3)c2c1. The zero-order valence-electron chi connectivity index (χ0n) is 21.1. The van der Waals surface area contributed by atoms with E-state index >= 15 is 0 Å². The van der Waals surface area contributed by atoms with Crippen LogP contribution in [0.4, 0.5) is 13.2 Å². The summed E-state index contributed by atoms with van der Waals surface area (Å²) in [5, 5.41) is 1.67. The Bertz CT molecular complexity index is 1100. The van der Waals surface area contributed by atoms with Gasteiger partial charge in [0.1, 0.15) is 11.5 Å². The minimum Gasteiger partial charge on any atom is -0.494 e. The second-order valence-electron chi connectivity index (χ2n) is 9.15. The number of halogens is 3. The van der Waals surface area contributed by atoms with E-state index in [1.54, 1.807) is 0 Å². The van der Waals surface area contributed by atoms with Gasteiger partial charge in [-0.2, -0.15) is 21.6 Å². The second-order valence-corrected chi connectivity index (χ2v) is 14.1. The van der Waals surface area contributed by atoms with Gasteiger partial charge in [0.15, 0.2) is 0 Å². The van der Waals surface area contributed by atoms with Crippen molar-refractivity contribution in [3.63, 3.8) is 0 Å². The van der Waals surface area contributed by atoms with Gasteiger partial charge in [0.2, 0.25) is 0 Å². The highest BCUT2D eigenvalue weighted by Gasteiger charge is 2.38. The maximum Gasteiger partial charge on any atom is 0.389 e. The highest BCUT2D eigenvalue weighted by Crippen LogP contribution is 2.64. The normalized spacial score (nSPS) is 16.8. The molecule has 3 rings (SSSR count). The lowest BCUT2D eigenvalue weighted by molar-refractivity contribution is -0.134. The van der Waals surface area contributed by atoms with Gasteiger partial charge in [-0.3, -0.25) is 0 Å². The molecule has 2 aromatic carbocycles. The average molecular weight is 551 g/mol. The third kappa shape index (κ3) is 7.92. The van der Waals surface area contributed by atoms with Crippen LogP contribution >= 0.6 is 10.3 Å².